The number of hydrogen-bond donors (Lipinski definition) is 2. The van der Waals surface area contributed by atoms with Gasteiger partial charge in [0, 0.05) is 37.7 Å². The summed E-state index contributed by atoms with van der Waals surface area (Å²) in [5, 5.41) is 0. The van der Waals surface area contributed by atoms with Gasteiger partial charge in [-0.15, -0.1) is 0 Å². The molecule has 2 atom stereocenters. The van der Waals surface area contributed by atoms with Crippen LogP contribution in [0.2, 0.25) is 0 Å². The lowest BCUT2D eigenvalue weighted by Gasteiger charge is -2.26. The lowest BCUT2D eigenvalue weighted by molar-refractivity contribution is -0.133. The monoisotopic (exact) mass is 1250 g/mol. The second-order valence-corrected chi connectivity index (χ2v) is 30.2. The van der Waals surface area contributed by atoms with Gasteiger partial charge in [-0.3, -0.25) is 9.59 Å². The molecule has 0 aliphatic rings. The summed E-state index contributed by atoms with van der Waals surface area (Å²) in [5.41, 5.74) is 13.5. The Bertz CT molecular complexity index is 1140. The molecule has 0 rings (SSSR count). The van der Waals surface area contributed by atoms with Crippen molar-refractivity contribution in [3.63, 3.8) is 0 Å². The predicted molar refractivity (Wildman–Crippen MR) is 392 cm³/mol. The summed E-state index contributed by atoms with van der Waals surface area (Å²) in [6, 6.07) is -1.05. The molecule has 0 aromatic carbocycles. The molecule has 0 aliphatic carbocycles. The van der Waals surface area contributed by atoms with E-state index >= 15 is 0 Å². The van der Waals surface area contributed by atoms with E-state index < -0.39 is 12.1 Å². The van der Waals surface area contributed by atoms with Crippen LogP contribution < -0.4 is 11.5 Å². The number of hydrogen-bond acceptors (Lipinski definition) is 6. The second kappa shape index (κ2) is 73.6. The smallest absolute Gasteiger partial charge is 0.240 e. The minimum atomic E-state index is -0.525. The van der Waals surface area contributed by atoms with Gasteiger partial charge in [0.05, 0.1) is 12.1 Å². The summed E-state index contributed by atoms with van der Waals surface area (Å²) in [4.78, 5) is 32.3. The fourth-order valence-corrected chi connectivity index (χ4v) is 15.1. The molecule has 0 aromatic rings. The molecule has 0 heterocycles. The number of carbonyl (C=O) groups is 2. The molecule has 0 radical (unpaired) electrons. The van der Waals surface area contributed by atoms with Gasteiger partial charge in [0.1, 0.15) is 0 Å². The average molecular weight is 1250 g/mol. The van der Waals surface area contributed by atoms with Crippen LogP contribution in [0.25, 0.3) is 0 Å². The van der Waals surface area contributed by atoms with Crippen molar-refractivity contribution in [2.45, 2.75) is 451 Å². The molecule has 0 bridgehead atoms. The number of nitrogens with zero attached hydrogens (tertiary/aromatic N) is 2. The van der Waals surface area contributed by atoms with Crippen LogP contribution in [0, 0.1) is 0 Å². The van der Waals surface area contributed by atoms with Gasteiger partial charge in [0.15, 0.2) is 0 Å². The third-order valence-corrected chi connectivity index (χ3v) is 21.4. The highest BCUT2D eigenvalue weighted by Gasteiger charge is 2.23. The Balaban J connectivity index is 4.99. The zero-order valence-corrected chi connectivity index (χ0v) is 61.0. The van der Waals surface area contributed by atoms with Crippen LogP contribution >= 0.6 is 21.6 Å². The summed E-state index contributed by atoms with van der Waals surface area (Å²) in [6.07, 6.45) is 86.8. The van der Waals surface area contributed by atoms with E-state index in [0.717, 1.165) is 51.9 Å². The minimum Gasteiger partial charge on any atom is -0.341 e. The lowest BCUT2D eigenvalue weighted by Crippen LogP contribution is -2.46. The molecule has 0 fully saturated rings. The SMILES string of the molecule is CCCCCCCCCCCCCCCCCCN(CCCCCCCCCCCCCCCCCC)C(=O)C(N)CSSC[C@H](N)C(=O)N(CCCCCCCCCCCCCCCCCC)CCCCCCCCCCCCCCCCCC. The van der Waals surface area contributed by atoms with Crippen LogP contribution in [0.15, 0.2) is 0 Å². The summed E-state index contributed by atoms with van der Waals surface area (Å²) in [6.45, 7) is 12.5. The molecular weight excluding hydrogens is 1090 g/mol. The first-order valence-electron chi connectivity index (χ1n) is 39.8. The summed E-state index contributed by atoms with van der Waals surface area (Å²) < 4.78 is 0. The molecule has 514 valence electrons. The molecule has 0 aliphatic heterocycles. The van der Waals surface area contributed by atoms with Crippen LogP contribution in [0.4, 0.5) is 0 Å². The number of carbonyl (C=O) groups excluding carboxylic acids is 2. The maximum atomic E-state index is 14.0. The van der Waals surface area contributed by atoms with Crippen LogP contribution in [-0.2, 0) is 9.59 Å². The highest BCUT2D eigenvalue weighted by atomic mass is 33.1. The maximum Gasteiger partial charge on any atom is 0.240 e. The van der Waals surface area contributed by atoms with Crippen molar-refractivity contribution in [3.8, 4) is 0 Å². The molecule has 1 unspecified atom stereocenters. The van der Waals surface area contributed by atoms with E-state index in [2.05, 4.69) is 37.5 Å². The van der Waals surface area contributed by atoms with Crippen LogP contribution in [-0.4, -0.2) is 71.4 Å². The molecule has 0 saturated heterocycles. The van der Waals surface area contributed by atoms with E-state index in [0.29, 0.717) is 11.5 Å². The largest absolute Gasteiger partial charge is 0.341 e. The fourth-order valence-electron chi connectivity index (χ4n) is 12.9. The molecule has 0 saturated carbocycles. The predicted octanol–water partition coefficient (Wildman–Crippen LogP) is 25.7. The first-order chi connectivity index (χ1) is 42.4. The standard InChI is InChI=1S/C78H158N4O2S2/c1-5-9-13-17-21-25-29-33-37-41-45-49-53-57-61-65-69-81(70-66-62-58-54-50-46-42-38-34-30-26-22-18-14-10-6-2)77(83)75(79)73-85-86-74-76(80)78(84)82(71-67-63-59-55-51-47-43-39-35-31-27-23-19-15-11-7-3)72-68-64-60-56-52-48-44-40-36-32-28-24-20-16-12-8-4/h75-76H,5-74,79-80H2,1-4H3/t75-,76?/m0/s1. The lowest BCUT2D eigenvalue weighted by atomic mass is 10.0. The molecular formula is C78H158N4O2S2. The minimum absolute atomic E-state index is 0.115. The highest BCUT2D eigenvalue weighted by molar-refractivity contribution is 8.76. The molecule has 6 nitrogen and oxygen atoms in total. The van der Waals surface area contributed by atoms with Crippen LogP contribution in [0.1, 0.15) is 439 Å². The van der Waals surface area contributed by atoms with Crippen molar-refractivity contribution in [2.24, 2.45) is 11.5 Å². The van der Waals surface area contributed by atoms with Gasteiger partial charge in [-0.25, -0.2) is 0 Å². The van der Waals surface area contributed by atoms with Crippen molar-refractivity contribution in [1.29, 1.82) is 0 Å². The summed E-state index contributed by atoms with van der Waals surface area (Å²) in [7, 11) is 3.28. The zero-order chi connectivity index (χ0) is 62.4. The zero-order valence-electron chi connectivity index (χ0n) is 59.3. The maximum absolute atomic E-state index is 14.0. The van der Waals surface area contributed by atoms with Gasteiger partial charge in [-0.2, -0.15) is 0 Å². The Labute approximate surface area is 549 Å². The second-order valence-electron chi connectivity index (χ2n) is 27.6. The van der Waals surface area contributed by atoms with Crippen LogP contribution in [0.3, 0.4) is 0 Å². The normalized spacial score (nSPS) is 12.4. The van der Waals surface area contributed by atoms with Gasteiger partial charge in [-0.05, 0) is 25.7 Å². The average Bonchev–Trinajstić information content (AvgIpc) is 3.55. The summed E-state index contributed by atoms with van der Waals surface area (Å²) in [5.74, 6) is 1.34. The molecule has 8 heteroatoms. The third kappa shape index (κ3) is 63.7. The topological polar surface area (TPSA) is 92.7 Å². The van der Waals surface area contributed by atoms with Crippen molar-refractivity contribution in [2.75, 3.05) is 37.7 Å². The Morgan fingerprint density at radius 2 is 0.337 bits per heavy atom. The summed E-state index contributed by atoms with van der Waals surface area (Å²) >= 11 is 0. The number of rotatable bonds is 75. The highest BCUT2D eigenvalue weighted by Crippen LogP contribution is 2.25. The van der Waals surface area contributed by atoms with Gasteiger partial charge >= 0.3 is 0 Å². The number of unbranched alkanes of at least 4 members (excludes halogenated alkanes) is 60. The quantitative estimate of drug-likeness (QED) is 0.0466. The van der Waals surface area contributed by atoms with Gasteiger partial charge in [0.2, 0.25) is 11.8 Å². The molecule has 0 spiro atoms. The van der Waals surface area contributed by atoms with Gasteiger partial charge in [-0.1, -0.05) is 435 Å². The molecule has 2 amide bonds. The fraction of sp³-hybridized carbons (Fsp3) is 0.974. The van der Waals surface area contributed by atoms with Crippen molar-refractivity contribution in [1.82, 2.24) is 9.80 Å². The van der Waals surface area contributed by atoms with Crippen LogP contribution in [0.5, 0.6) is 0 Å². The van der Waals surface area contributed by atoms with E-state index in [9.17, 15) is 9.59 Å². The molecule has 4 N–H and O–H groups in total. The third-order valence-electron chi connectivity index (χ3n) is 19.0. The van der Waals surface area contributed by atoms with E-state index in [1.807, 2.05) is 0 Å². The van der Waals surface area contributed by atoms with Gasteiger partial charge in [0.25, 0.3) is 0 Å². The Morgan fingerprint density at radius 3 is 0.465 bits per heavy atom. The van der Waals surface area contributed by atoms with E-state index in [1.54, 1.807) is 21.6 Å². The Hall–Kier alpha value is -0.440. The van der Waals surface area contributed by atoms with E-state index in [4.69, 9.17) is 11.5 Å². The Kier molecular flexibility index (Phi) is 73.2. The molecule has 86 heavy (non-hydrogen) atoms. The van der Waals surface area contributed by atoms with Crippen molar-refractivity contribution in [3.05, 3.63) is 0 Å². The number of amides is 2. The van der Waals surface area contributed by atoms with E-state index in [-0.39, 0.29) is 11.8 Å². The van der Waals surface area contributed by atoms with Crippen molar-refractivity contribution < 1.29 is 9.59 Å². The van der Waals surface area contributed by atoms with Crippen molar-refractivity contribution >= 4 is 33.4 Å². The first-order valence-corrected chi connectivity index (χ1v) is 42.2. The Morgan fingerprint density at radius 1 is 0.221 bits per heavy atom. The van der Waals surface area contributed by atoms with E-state index in [1.165, 1.54) is 385 Å². The van der Waals surface area contributed by atoms with Gasteiger partial charge < -0.3 is 21.3 Å². The molecule has 0 aromatic heterocycles. The first kappa shape index (κ1) is 85.6. The number of nitrogens with two attached hydrogens (primary N) is 2.